The molecule has 388 valence electrons. The number of pyridine rings is 1. The molecule has 9 heteroatoms. The molecule has 18 aromatic rings. The van der Waals surface area contributed by atoms with Crippen LogP contribution < -0.4 is 0 Å². The van der Waals surface area contributed by atoms with E-state index in [1.54, 1.807) is 0 Å². The molecule has 0 aliphatic heterocycles. The van der Waals surface area contributed by atoms with Crippen molar-refractivity contribution in [2.24, 2.45) is 0 Å². The lowest BCUT2D eigenvalue weighted by atomic mass is 10.1. The minimum Gasteiger partial charge on any atom is -0.309 e. The molecule has 83 heavy (non-hydrogen) atoms. The van der Waals surface area contributed by atoms with Crippen LogP contribution in [0.1, 0.15) is 0 Å². The molecule has 0 spiro atoms. The molecular weight excluding hydrogens is 1030 g/mol. The van der Waals surface area contributed by atoms with Gasteiger partial charge in [-0.1, -0.05) is 200 Å². The summed E-state index contributed by atoms with van der Waals surface area (Å²) in [7, 11) is 0. The fourth-order valence-corrected chi connectivity index (χ4v) is 13.9. The highest BCUT2D eigenvalue weighted by Gasteiger charge is 2.24. The molecule has 8 nitrogen and oxygen atoms in total. The summed E-state index contributed by atoms with van der Waals surface area (Å²) in [6.45, 7) is 0. The van der Waals surface area contributed by atoms with Crippen molar-refractivity contribution in [1.82, 2.24) is 38.2 Å². The first-order chi connectivity index (χ1) is 41.2. The van der Waals surface area contributed by atoms with E-state index in [0.29, 0.717) is 17.6 Å². The Morgan fingerprint density at radius 2 is 0.687 bits per heavy atom. The van der Waals surface area contributed by atoms with Crippen LogP contribution in [0.2, 0.25) is 0 Å². The smallest absolute Gasteiger partial charge is 0.238 e. The Bertz CT molecular complexity index is 5410. The largest absolute Gasteiger partial charge is 0.309 e. The highest BCUT2D eigenvalue weighted by Crippen LogP contribution is 2.44. The predicted octanol–water partition coefficient (Wildman–Crippen LogP) is 19.0. The van der Waals surface area contributed by atoms with Gasteiger partial charge in [-0.25, -0.2) is 9.97 Å². The molecule has 7 aromatic heterocycles. The number of hydrogen-bond donors (Lipinski definition) is 0. The third-order valence-corrected chi connectivity index (χ3v) is 17.5. The van der Waals surface area contributed by atoms with Crippen LogP contribution in [-0.4, -0.2) is 38.2 Å². The summed E-state index contributed by atoms with van der Waals surface area (Å²) in [5, 5.41) is 12.2. The van der Waals surface area contributed by atoms with Gasteiger partial charge in [-0.3, -0.25) is 9.13 Å². The van der Waals surface area contributed by atoms with Crippen LogP contribution in [0.5, 0.6) is 0 Å². The average Bonchev–Trinajstić information content (AvgIpc) is 3.08. The predicted molar refractivity (Wildman–Crippen MR) is 345 cm³/mol. The second kappa shape index (κ2) is 18.8. The van der Waals surface area contributed by atoms with Crippen molar-refractivity contribution in [3.63, 3.8) is 0 Å². The van der Waals surface area contributed by atoms with Crippen molar-refractivity contribution in [1.29, 1.82) is 0 Å². The second-order valence-electron chi connectivity index (χ2n) is 20.9. The maximum Gasteiger partial charge on any atom is 0.238 e. The standard InChI is InChI=1S/C39H25N5.C35H21N3S/c1-4-14-26(15-5-1)37-40-38(27-16-6-2-7-17-27)42-39(41-37)44-34-23-13-11-21-30(34)32-25-24-31-29-20-10-12-22-33(29)43(35(31)36(32)44)28-18-8-3-9-19-28;1-5-13-29-23(9-1)24-10-2-6-14-30(24)37(29)22-17-18-33-28(21-22)27-19-20-36-35(34(27)39-33)38-31-15-7-3-11-25(31)26-12-4-8-16-32(26)38/h1-25H;1-21H. The SMILES string of the molecule is c1ccc(-c2nc(-c3ccccc3)nc(-n3c4ccccc4c4ccc5c6ccccc6n(-c6ccccc6)c5c43)n2)cc1.c1ccc2c(c1)c1ccccc1n2-c1ccc2sc3c(-n4c5ccccc5c5ccccc54)nccc3c2c1. The van der Waals surface area contributed by atoms with Gasteiger partial charge >= 0.3 is 0 Å². The van der Waals surface area contributed by atoms with Crippen molar-refractivity contribution in [3.8, 4) is 45.9 Å². The fraction of sp³-hybridized carbons (Fsp3) is 0. The zero-order valence-corrected chi connectivity index (χ0v) is 45.4. The molecule has 0 unspecified atom stereocenters. The van der Waals surface area contributed by atoms with Crippen LogP contribution in [0, 0.1) is 0 Å². The third kappa shape index (κ3) is 7.31. The maximum absolute atomic E-state index is 5.17. The first-order valence-electron chi connectivity index (χ1n) is 27.9. The normalized spacial score (nSPS) is 11.9. The number of fused-ring (bicyclic) bond motifs is 16. The van der Waals surface area contributed by atoms with Crippen LogP contribution >= 0.6 is 11.3 Å². The van der Waals surface area contributed by atoms with Crippen LogP contribution in [0.3, 0.4) is 0 Å². The molecule has 0 amide bonds. The summed E-state index contributed by atoms with van der Waals surface area (Å²) in [4.78, 5) is 20.3. The Morgan fingerprint density at radius 3 is 1.19 bits per heavy atom. The number of hydrogen-bond acceptors (Lipinski definition) is 5. The molecule has 0 N–H and O–H groups in total. The highest BCUT2D eigenvalue weighted by molar-refractivity contribution is 7.26. The topological polar surface area (TPSA) is 71.3 Å². The summed E-state index contributed by atoms with van der Waals surface area (Å²) < 4.78 is 11.8. The van der Waals surface area contributed by atoms with Gasteiger partial charge in [0.05, 0.1) is 48.8 Å². The number of rotatable bonds is 6. The molecule has 0 aliphatic carbocycles. The summed E-state index contributed by atoms with van der Waals surface area (Å²) in [6.07, 6.45) is 1.96. The molecular formula is C74H46N8S. The summed E-state index contributed by atoms with van der Waals surface area (Å²) in [6, 6.07) is 96.2. The monoisotopic (exact) mass is 1080 g/mol. The van der Waals surface area contributed by atoms with Gasteiger partial charge < -0.3 is 9.13 Å². The first-order valence-corrected chi connectivity index (χ1v) is 28.7. The number of benzene rings is 11. The van der Waals surface area contributed by atoms with Crippen LogP contribution in [-0.2, 0) is 0 Å². The Morgan fingerprint density at radius 1 is 0.277 bits per heavy atom. The molecule has 11 aromatic carbocycles. The number of para-hydroxylation sites is 7. The quantitative estimate of drug-likeness (QED) is 0.166. The Kier molecular flexibility index (Phi) is 10.6. The highest BCUT2D eigenvalue weighted by atomic mass is 32.1. The van der Waals surface area contributed by atoms with Gasteiger partial charge in [0, 0.05) is 87.3 Å². The van der Waals surface area contributed by atoms with Gasteiger partial charge in [-0.15, -0.1) is 11.3 Å². The summed E-state index contributed by atoms with van der Waals surface area (Å²) in [5.74, 6) is 2.85. The zero-order chi connectivity index (χ0) is 54.5. The van der Waals surface area contributed by atoms with Crippen molar-refractivity contribution in [2.45, 2.75) is 0 Å². The molecule has 0 radical (unpaired) electrons. The van der Waals surface area contributed by atoms with E-state index in [-0.39, 0.29) is 0 Å². The Balaban J connectivity index is 0.000000132. The maximum atomic E-state index is 5.17. The van der Waals surface area contributed by atoms with E-state index >= 15 is 0 Å². The molecule has 0 fully saturated rings. The number of thiophene rings is 1. The van der Waals surface area contributed by atoms with Gasteiger partial charge in [0.1, 0.15) is 0 Å². The van der Waals surface area contributed by atoms with E-state index in [2.05, 4.69) is 231 Å². The van der Waals surface area contributed by atoms with Gasteiger partial charge in [0.15, 0.2) is 17.5 Å². The van der Waals surface area contributed by atoms with Crippen LogP contribution in [0.4, 0.5) is 0 Å². The third-order valence-electron chi connectivity index (χ3n) is 16.4. The lowest BCUT2D eigenvalue weighted by molar-refractivity contribution is 0.953. The van der Waals surface area contributed by atoms with Gasteiger partial charge in [-0.2, -0.15) is 9.97 Å². The molecule has 0 saturated heterocycles. The second-order valence-corrected chi connectivity index (χ2v) is 22.0. The molecule has 0 atom stereocenters. The lowest BCUT2D eigenvalue weighted by Gasteiger charge is -2.13. The zero-order valence-electron chi connectivity index (χ0n) is 44.5. The minimum atomic E-state index is 0.585. The minimum absolute atomic E-state index is 0.585. The molecule has 7 heterocycles. The average molecular weight is 1080 g/mol. The van der Waals surface area contributed by atoms with Crippen molar-refractivity contribution >= 4 is 119 Å². The number of aromatic nitrogens is 8. The molecule has 0 bridgehead atoms. The van der Waals surface area contributed by atoms with E-state index in [9.17, 15) is 0 Å². The van der Waals surface area contributed by atoms with E-state index in [0.717, 1.165) is 55.5 Å². The van der Waals surface area contributed by atoms with Crippen LogP contribution in [0.25, 0.3) is 153 Å². The summed E-state index contributed by atoms with van der Waals surface area (Å²) in [5.41, 5.74) is 13.4. The lowest BCUT2D eigenvalue weighted by Crippen LogP contribution is -2.07. The van der Waals surface area contributed by atoms with E-state index < -0.39 is 0 Å². The Labute approximate surface area is 479 Å². The van der Waals surface area contributed by atoms with Crippen LogP contribution in [0.15, 0.2) is 279 Å². The fourth-order valence-electron chi connectivity index (χ4n) is 12.8. The van der Waals surface area contributed by atoms with E-state index in [1.165, 1.54) is 80.2 Å². The Hall–Kier alpha value is -11.0. The van der Waals surface area contributed by atoms with E-state index in [4.69, 9.17) is 19.9 Å². The molecule has 18 rings (SSSR count). The first kappa shape index (κ1) is 46.9. The van der Waals surface area contributed by atoms with Crippen molar-refractivity contribution in [3.05, 3.63) is 279 Å². The molecule has 0 saturated carbocycles. The van der Waals surface area contributed by atoms with Gasteiger partial charge in [0.25, 0.3) is 0 Å². The van der Waals surface area contributed by atoms with E-state index in [1.807, 2.05) is 78.2 Å². The van der Waals surface area contributed by atoms with Gasteiger partial charge in [-0.05, 0) is 72.8 Å². The number of nitrogens with zero attached hydrogens (tertiary/aromatic N) is 8. The summed E-state index contributed by atoms with van der Waals surface area (Å²) >= 11 is 1.82. The van der Waals surface area contributed by atoms with Crippen molar-refractivity contribution in [2.75, 3.05) is 0 Å². The molecule has 0 aliphatic rings. The van der Waals surface area contributed by atoms with Gasteiger partial charge in [0.2, 0.25) is 5.95 Å². The van der Waals surface area contributed by atoms with Crippen molar-refractivity contribution < 1.29 is 0 Å².